The van der Waals surface area contributed by atoms with Gasteiger partial charge in [0.15, 0.2) is 9.76 Å². The van der Waals surface area contributed by atoms with Crippen molar-refractivity contribution in [2.75, 3.05) is 14.1 Å². The van der Waals surface area contributed by atoms with Crippen molar-refractivity contribution in [3.05, 3.63) is 0 Å². The molecule has 2 nitrogen and oxygen atoms in total. The van der Waals surface area contributed by atoms with Crippen LogP contribution in [0.2, 0.25) is 6.04 Å². The maximum atomic E-state index is 5.61. The summed E-state index contributed by atoms with van der Waals surface area (Å²) in [5.74, 6) is 0. The molecule has 0 rings (SSSR count). The molecule has 76 valence electrons. The van der Waals surface area contributed by atoms with Crippen LogP contribution in [-0.2, 0) is 4.43 Å². The van der Waals surface area contributed by atoms with Crippen molar-refractivity contribution in [1.82, 2.24) is 5.32 Å². The molecule has 3 heteroatoms. The minimum Gasteiger partial charge on any atom is -0.419 e. The highest BCUT2D eigenvalue weighted by atomic mass is 28.2. The first-order valence-electron chi connectivity index (χ1n) is 4.70. The lowest BCUT2D eigenvalue weighted by Crippen LogP contribution is -2.21. The molecule has 0 spiro atoms. The van der Waals surface area contributed by atoms with E-state index in [2.05, 4.69) is 33.0 Å². The fourth-order valence-corrected chi connectivity index (χ4v) is 1.57. The third-order valence-electron chi connectivity index (χ3n) is 1.03. The topological polar surface area (TPSA) is 21.3 Å². The molecule has 0 aliphatic rings. The van der Waals surface area contributed by atoms with Gasteiger partial charge in [-0.1, -0.05) is 13.3 Å². The lowest BCUT2D eigenvalue weighted by atomic mass is 10.2. The zero-order valence-electron chi connectivity index (χ0n) is 9.53. The van der Waals surface area contributed by atoms with Crippen LogP contribution >= 0.6 is 0 Å². The summed E-state index contributed by atoms with van der Waals surface area (Å²) in [6.07, 6.45) is 1.28. The molecule has 1 N–H and O–H groups in total. The van der Waals surface area contributed by atoms with Gasteiger partial charge in [0, 0.05) is 5.60 Å². The molecule has 0 saturated carbocycles. The number of hydrogen-bond donors (Lipinski definition) is 1. The smallest absolute Gasteiger partial charge is 0.162 e. The summed E-state index contributed by atoms with van der Waals surface area (Å²) >= 11 is 0. The van der Waals surface area contributed by atoms with Crippen LogP contribution in [0.15, 0.2) is 0 Å². The van der Waals surface area contributed by atoms with E-state index in [1.165, 1.54) is 12.5 Å². The van der Waals surface area contributed by atoms with E-state index in [1.807, 2.05) is 14.1 Å². The molecule has 0 aliphatic heterocycles. The first kappa shape index (κ1) is 14.6. The van der Waals surface area contributed by atoms with Gasteiger partial charge in [0.05, 0.1) is 0 Å². The predicted molar refractivity (Wildman–Crippen MR) is 59.5 cm³/mol. The second-order valence-electron chi connectivity index (χ2n) is 3.81. The van der Waals surface area contributed by atoms with Crippen molar-refractivity contribution in [3.63, 3.8) is 0 Å². The van der Waals surface area contributed by atoms with Crippen molar-refractivity contribution >= 4 is 9.76 Å². The summed E-state index contributed by atoms with van der Waals surface area (Å²) in [6.45, 7) is 8.57. The molecule has 0 aromatic rings. The molecule has 0 fully saturated rings. The van der Waals surface area contributed by atoms with Crippen LogP contribution in [0.4, 0.5) is 0 Å². The average molecular weight is 191 g/mol. The Bertz CT molecular complexity index is 81.1. The van der Waals surface area contributed by atoms with E-state index >= 15 is 0 Å². The molecule has 0 aromatic heterocycles. The van der Waals surface area contributed by atoms with Crippen molar-refractivity contribution < 1.29 is 4.43 Å². The van der Waals surface area contributed by atoms with Crippen molar-refractivity contribution in [3.8, 4) is 0 Å². The van der Waals surface area contributed by atoms with E-state index in [0.717, 1.165) is 0 Å². The normalized spacial score (nSPS) is 11.5. The van der Waals surface area contributed by atoms with E-state index in [1.54, 1.807) is 0 Å². The largest absolute Gasteiger partial charge is 0.419 e. The van der Waals surface area contributed by atoms with E-state index in [4.69, 9.17) is 4.43 Å². The Morgan fingerprint density at radius 3 is 1.92 bits per heavy atom. The lowest BCUT2D eigenvalue weighted by Gasteiger charge is -2.19. The van der Waals surface area contributed by atoms with Gasteiger partial charge in [-0.05, 0) is 40.9 Å². The van der Waals surface area contributed by atoms with Crippen LogP contribution in [0.5, 0.6) is 0 Å². The van der Waals surface area contributed by atoms with Gasteiger partial charge >= 0.3 is 0 Å². The van der Waals surface area contributed by atoms with Gasteiger partial charge in [-0.15, -0.1) is 0 Å². The summed E-state index contributed by atoms with van der Waals surface area (Å²) in [5.41, 5.74) is 0.112. The summed E-state index contributed by atoms with van der Waals surface area (Å²) in [4.78, 5) is 0. The van der Waals surface area contributed by atoms with Crippen molar-refractivity contribution in [1.29, 1.82) is 0 Å². The zero-order valence-corrected chi connectivity index (χ0v) is 10.9. The maximum absolute atomic E-state index is 5.61. The van der Waals surface area contributed by atoms with Gasteiger partial charge in [0.25, 0.3) is 0 Å². The highest BCUT2D eigenvalue weighted by Crippen LogP contribution is 2.05. The van der Waals surface area contributed by atoms with Crippen molar-refractivity contribution in [2.45, 2.75) is 45.8 Å². The first-order chi connectivity index (χ1) is 5.47. The molecule has 0 aromatic carbocycles. The molecule has 12 heavy (non-hydrogen) atoms. The van der Waals surface area contributed by atoms with E-state index in [-0.39, 0.29) is 15.4 Å². The molecule has 0 heterocycles. The Balaban J connectivity index is 0. The highest BCUT2D eigenvalue weighted by molar-refractivity contribution is 6.27. The van der Waals surface area contributed by atoms with Gasteiger partial charge < -0.3 is 9.74 Å². The van der Waals surface area contributed by atoms with Gasteiger partial charge in [-0.3, -0.25) is 0 Å². The van der Waals surface area contributed by atoms with Crippen molar-refractivity contribution in [2.24, 2.45) is 0 Å². The third-order valence-corrected chi connectivity index (χ3v) is 3.10. The first-order valence-corrected chi connectivity index (χ1v) is 6.28. The quantitative estimate of drug-likeness (QED) is 0.540. The lowest BCUT2D eigenvalue weighted by molar-refractivity contribution is 0.138. The van der Waals surface area contributed by atoms with E-state index < -0.39 is 0 Å². The standard InChI is InChI=1S/C7H18OSi.C2H7N/c1-5-6-9-8-7(2,3)4;1-3-2/h5-6,9H2,1-4H3;3H,1-2H3. The fourth-order valence-electron chi connectivity index (χ4n) is 0.523. The molecule has 0 amide bonds. The Hall–Kier alpha value is 0.137. The van der Waals surface area contributed by atoms with Crippen LogP contribution in [0, 0.1) is 0 Å². The molecule has 0 saturated heterocycles. The molecular formula is C9H25NOSi. The number of hydrogen-bond acceptors (Lipinski definition) is 2. The summed E-state index contributed by atoms with van der Waals surface area (Å²) < 4.78 is 5.61. The van der Waals surface area contributed by atoms with Gasteiger partial charge in [-0.25, -0.2) is 0 Å². The number of rotatable bonds is 3. The van der Waals surface area contributed by atoms with E-state index in [0.29, 0.717) is 0 Å². The van der Waals surface area contributed by atoms with Gasteiger partial charge in [-0.2, -0.15) is 0 Å². The predicted octanol–water partition coefficient (Wildman–Crippen LogP) is 1.55. The third kappa shape index (κ3) is 22.5. The van der Waals surface area contributed by atoms with Gasteiger partial charge in [0.2, 0.25) is 0 Å². The van der Waals surface area contributed by atoms with Crippen LogP contribution in [0.3, 0.4) is 0 Å². The molecule has 0 bridgehead atoms. The SMILES string of the molecule is CCC[SiH2]OC(C)(C)C.CNC. The minimum atomic E-state index is -0.193. The monoisotopic (exact) mass is 191 g/mol. The zero-order chi connectivity index (χ0) is 10.0. The average Bonchev–Trinajstić information content (AvgIpc) is 1.87. The summed E-state index contributed by atoms with van der Waals surface area (Å²) in [7, 11) is 3.56. The van der Waals surface area contributed by atoms with Crippen LogP contribution in [-0.4, -0.2) is 29.5 Å². The van der Waals surface area contributed by atoms with Crippen LogP contribution in [0.25, 0.3) is 0 Å². The van der Waals surface area contributed by atoms with Gasteiger partial charge in [0.1, 0.15) is 0 Å². The molecule has 0 atom stereocenters. The minimum absolute atomic E-state index is 0.112. The Morgan fingerprint density at radius 2 is 1.67 bits per heavy atom. The molecule has 0 unspecified atom stereocenters. The summed E-state index contributed by atoms with van der Waals surface area (Å²) in [5, 5.41) is 2.75. The second kappa shape index (κ2) is 9.23. The Morgan fingerprint density at radius 1 is 1.25 bits per heavy atom. The summed E-state index contributed by atoms with van der Waals surface area (Å²) in [6, 6.07) is 1.32. The van der Waals surface area contributed by atoms with Crippen LogP contribution in [0.1, 0.15) is 34.1 Å². The number of nitrogens with one attached hydrogen (secondary N) is 1. The van der Waals surface area contributed by atoms with E-state index in [9.17, 15) is 0 Å². The molecule has 0 radical (unpaired) electrons. The van der Waals surface area contributed by atoms with Crippen LogP contribution < -0.4 is 5.32 Å². The molecular weight excluding hydrogens is 166 g/mol. The fraction of sp³-hybridized carbons (Fsp3) is 1.00. The Labute approximate surface area is 80.0 Å². The highest BCUT2D eigenvalue weighted by Gasteiger charge is 2.07. The maximum Gasteiger partial charge on any atom is 0.162 e. The molecule has 0 aliphatic carbocycles. The Kier molecular flexibility index (Phi) is 11.3. The second-order valence-corrected chi connectivity index (χ2v) is 5.22.